The van der Waals surface area contributed by atoms with Crippen LogP contribution in [0.4, 0.5) is 0 Å². The molecule has 2 N–H and O–H groups in total. The summed E-state index contributed by atoms with van der Waals surface area (Å²) in [6.45, 7) is 3.66. The second-order valence-corrected chi connectivity index (χ2v) is 4.94. The fraction of sp³-hybridized carbons (Fsp3) is 0.333. The first kappa shape index (κ1) is 12.1. The molecule has 0 saturated heterocycles. The number of rotatable bonds is 3. The number of hydrogen-bond acceptors (Lipinski definition) is 2. The molecule has 0 saturated carbocycles. The van der Waals surface area contributed by atoms with Gasteiger partial charge in [0.25, 0.3) is 0 Å². The Morgan fingerprint density at radius 2 is 1.71 bits per heavy atom. The second-order valence-electron chi connectivity index (χ2n) is 4.94. The van der Waals surface area contributed by atoms with Gasteiger partial charge in [0.1, 0.15) is 0 Å². The van der Waals surface area contributed by atoms with Crippen molar-refractivity contribution in [2.75, 3.05) is 7.05 Å². The molecule has 2 aromatic rings. The molecule has 0 heterocycles. The average Bonchev–Trinajstić information content (AvgIpc) is 2.28. The summed E-state index contributed by atoms with van der Waals surface area (Å²) in [5.41, 5.74) is 0.344. The van der Waals surface area contributed by atoms with Gasteiger partial charge in [0.15, 0.2) is 0 Å². The Bertz CT molecular complexity index is 508. The Labute approximate surface area is 102 Å². The van der Waals surface area contributed by atoms with Crippen molar-refractivity contribution in [3.63, 3.8) is 0 Å². The standard InChI is InChI=1S/C15H19NO/c1-15(2,17)14(16-3)13-10-6-8-11-7-4-5-9-12(11)13/h4-10,14,16-17H,1-3H3. The van der Waals surface area contributed by atoms with Crippen molar-refractivity contribution in [3.8, 4) is 0 Å². The molecule has 2 rings (SSSR count). The van der Waals surface area contributed by atoms with Gasteiger partial charge in [-0.1, -0.05) is 42.5 Å². The first-order valence-electron chi connectivity index (χ1n) is 5.91. The van der Waals surface area contributed by atoms with Crippen LogP contribution in [-0.2, 0) is 0 Å². The zero-order valence-corrected chi connectivity index (χ0v) is 10.6. The van der Waals surface area contributed by atoms with Crippen molar-refractivity contribution in [2.24, 2.45) is 0 Å². The third-order valence-corrected chi connectivity index (χ3v) is 3.13. The summed E-state index contributed by atoms with van der Waals surface area (Å²) in [5, 5.41) is 15.8. The molecule has 17 heavy (non-hydrogen) atoms. The fourth-order valence-electron chi connectivity index (χ4n) is 2.39. The zero-order valence-electron chi connectivity index (χ0n) is 10.6. The van der Waals surface area contributed by atoms with E-state index in [1.807, 2.05) is 39.1 Å². The van der Waals surface area contributed by atoms with E-state index in [2.05, 4.69) is 29.6 Å². The van der Waals surface area contributed by atoms with E-state index in [9.17, 15) is 5.11 Å². The summed E-state index contributed by atoms with van der Waals surface area (Å²) in [4.78, 5) is 0. The molecule has 0 bridgehead atoms. The van der Waals surface area contributed by atoms with E-state index in [4.69, 9.17) is 0 Å². The Balaban J connectivity index is 2.62. The third kappa shape index (κ3) is 2.33. The smallest absolute Gasteiger partial charge is 0.0785 e. The molecule has 2 heteroatoms. The molecule has 0 aliphatic rings. The number of hydrogen-bond donors (Lipinski definition) is 2. The maximum atomic E-state index is 10.2. The SMILES string of the molecule is CNC(c1cccc2ccccc12)C(C)(C)O. The van der Waals surface area contributed by atoms with Crippen LogP contribution >= 0.6 is 0 Å². The van der Waals surface area contributed by atoms with Crippen molar-refractivity contribution in [1.82, 2.24) is 5.32 Å². The highest BCUT2D eigenvalue weighted by Crippen LogP contribution is 2.30. The van der Waals surface area contributed by atoms with Gasteiger partial charge in [-0.3, -0.25) is 0 Å². The molecule has 0 amide bonds. The monoisotopic (exact) mass is 229 g/mol. The minimum Gasteiger partial charge on any atom is -0.388 e. The van der Waals surface area contributed by atoms with Crippen molar-refractivity contribution in [2.45, 2.75) is 25.5 Å². The van der Waals surface area contributed by atoms with E-state index in [1.54, 1.807) is 0 Å². The van der Waals surface area contributed by atoms with Crippen LogP contribution in [0.15, 0.2) is 42.5 Å². The van der Waals surface area contributed by atoms with Gasteiger partial charge in [0.05, 0.1) is 11.6 Å². The van der Waals surface area contributed by atoms with Gasteiger partial charge in [-0.05, 0) is 37.2 Å². The number of nitrogens with one attached hydrogen (secondary N) is 1. The number of aliphatic hydroxyl groups is 1. The third-order valence-electron chi connectivity index (χ3n) is 3.13. The summed E-state index contributed by atoms with van der Waals surface area (Å²) < 4.78 is 0. The van der Waals surface area contributed by atoms with Crippen LogP contribution in [0.3, 0.4) is 0 Å². The van der Waals surface area contributed by atoms with E-state index in [0.717, 1.165) is 5.56 Å². The van der Waals surface area contributed by atoms with Gasteiger partial charge in [-0.2, -0.15) is 0 Å². The predicted molar refractivity (Wildman–Crippen MR) is 72.0 cm³/mol. The molecular formula is C15H19NO. The first-order chi connectivity index (χ1) is 8.04. The lowest BCUT2D eigenvalue weighted by Gasteiger charge is -2.30. The van der Waals surface area contributed by atoms with Gasteiger partial charge >= 0.3 is 0 Å². The van der Waals surface area contributed by atoms with Crippen LogP contribution in [0, 0.1) is 0 Å². The summed E-state index contributed by atoms with van der Waals surface area (Å²) in [5.74, 6) is 0. The maximum absolute atomic E-state index is 10.2. The fourth-order valence-corrected chi connectivity index (χ4v) is 2.39. The molecule has 0 fully saturated rings. The van der Waals surface area contributed by atoms with Crippen molar-refractivity contribution in [1.29, 1.82) is 0 Å². The van der Waals surface area contributed by atoms with Crippen LogP contribution in [0.5, 0.6) is 0 Å². The van der Waals surface area contributed by atoms with Gasteiger partial charge in [-0.25, -0.2) is 0 Å². The molecule has 90 valence electrons. The molecule has 0 aliphatic carbocycles. The highest BCUT2D eigenvalue weighted by atomic mass is 16.3. The minimum absolute atomic E-state index is 0.0754. The van der Waals surface area contributed by atoms with Crippen LogP contribution in [0.2, 0.25) is 0 Å². The van der Waals surface area contributed by atoms with Crippen LogP contribution in [0.1, 0.15) is 25.5 Å². The van der Waals surface area contributed by atoms with Crippen molar-refractivity contribution >= 4 is 10.8 Å². The Morgan fingerprint density at radius 3 is 2.35 bits per heavy atom. The van der Waals surface area contributed by atoms with Crippen LogP contribution in [-0.4, -0.2) is 17.8 Å². The lowest BCUT2D eigenvalue weighted by molar-refractivity contribution is 0.0405. The number of benzene rings is 2. The van der Waals surface area contributed by atoms with E-state index in [1.165, 1.54) is 10.8 Å². The Morgan fingerprint density at radius 1 is 1.06 bits per heavy atom. The quantitative estimate of drug-likeness (QED) is 0.848. The molecule has 0 radical (unpaired) electrons. The number of fused-ring (bicyclic) bond motifs is 1. The van der Waals surface area contributed by atoms with E-state index >= 15 is 0 Å². The molecule has 0 aliphatic heterocycles. The predicted octanol–water partition coefficient (Wildman–Crippen LogP) is 2.87. The van der Waals surface area contributed by atoms with Crippen LogP contribution < -0.4 is 5.32 Å². The molecular weight excluding hydrogens is 210 g/mol. The highest BCUT2D eigenvalue weighted by Gasteiger charge is 2.27. The van der Waals surface area contributed by atoms with E-state index in [-0.39, 0.29) is 6.04 Å². The highest BCUT2D eigenvalue weighted by molar-refractivity contribution is 5.86. The topological polar surface area (TPSA) is 32.3 Å². The van der Waals surface area contributed by atoms with E-state index in [0.29, 0.717) is 0 Å². The molecule has 1 unspecified atom stereocenters. The van der Waals surface area contributed by atoms with Crippen molar-refractivity contribution < 1.29 is 5.11 Å². The molecule has 0 aromatic heterocycles. The largest absolute Gasteiger partial charge is 0.388 e. The normalized spacial score (nSPS) is 13.9. The number of likely N-dealkylation sites (N-methyl/N-ethyl adjacent to an activating group) is 1. The summed E-state index contributed by atoms with van der Waals surface area (Å²) in [7, 11) is 1.88. The second kappa shape index (κ2) is 4.47. The summed E-state index contributed by atoms with van der Waals surface area (Å²) >= 11 is 0. The lowest BCUT2D eigenvalue weighted by Crippen LogP contribution is -2.37. The van der Waals surface area contributed by atoms with Gasteiger partial charge in [-0.15, -0.1) is 0 Å². The Hall–Kier alpha value is -1.38. The van der Waals surface area contributed by atoms with Crippen LogP contribution in [0.25, 0.3) is 10.8 Å². The molecule has 2 aromatic carbocycles. The minimum atomic E-state index is -0.793. The Kier molecular flexibility index (Phi) is 3.18. The summed E-state index contributed by atoms with van der Waals surface area (Å²) in [6, 6.07) is 14.4. The van der Waals surface area contributed by atoms with Gasteiger partial charge in [0, 0.05) is 0 Å². The van der Waals surface area contributed by atoms with Gasteiger partial charge < -0.3 is 10.4 Å². The average molecular weight is 229 g/mol. The first-order valence-corrected chi connectivity index (χ1v) is 5.91. The molecule has 0 spiro atoms. The maximum Gasteiger partial charge on any atom is 0.0785 e. The summed E-state index contributed by atoms with van der Waals surface area (Å²) in [6.07, 6.45) is 0. The zero-order chi connectivity index (χ0) is 12.5. The van der Waals surface area contributed by atoms with Crippen molar-refractivity contribution in [3.05, 3.63) is 48.0 Å². The molecule has 2 nitrogen and oxygen atoms in total. The van der Waals surface area contributed by atoms with Gasteiger partial charge in [0.2, 0.25) is 0 Å². The lowest BCUT2D eigenvalue weighted by atomic mass is 9.89. The van der Waals surface area contributed by atoms with E-state index < -0.39 is 5.60 Å². The molecule has 1 atom stereocenters.